The van der Waals surface area contributed by atoms with Crippen molar-refractivity contribution in [2.45, 2.75) is 17.9 Å². The summed E-state index contributed by atoms with van der Waals surface area (Å²) in [6.07, 6.45) is -0.297. The largest absolute Gasteiger partial charge is 0.497 e. The standard InChI is InChI=1S/C18H21NO4S/c1-14-6-8-17(9-7-14)24(20,21)19-10-11-23-18(13-19)15-4-3-5-16(12-15)22-2/h3-9,12,18H,10-11,13H2,1-2H3. The number of sulfonamides is 1. The van der Waals surface area contributed by atoms with E-state index in [9.17, 15) is 8.42 Å². The van der Waals surface area contributed by atoms with Crippen molar-refractivity contribution in [3.63, 3.8) is 0 Å². The number of rotatable bonds is 4. The van der Waals surface area contributed by atoms with Crippen LogP contribution in [-0.4, -0.2) is 39.5 Å². The maximum Gasteiger partial charge on any atom is 0.243 e. The van der Waals surface area contributed by atoms with Crippen molar-refractivity contribution in [1.29, 1.82) is 0 Å². The summed E-state index contributed by atoms with van der Waals surface area (Å²) in [4.78, 5) is 0.319. The van der Waals surface area contributed by atoms with Gasteiger partial charge in [-0.15, -0.1) is 0 Å². The highest BCUT2D eigenvalue weighted by atomic mass is 32.2. The van der Waals surface area contributed by atoms with Crippen molar-refractivity contribution >= 4 is 10.0 Å². The zero-order chi connectivity index (χ0) is 17.2. The smallest absolute Gasteiger partial charge is 0.243 e. The van der Waals surface area contributed by atoms with E-state index in [0.717, 1.165) is 16.9 Å². The van der Waals surface area contributed by atoms with Gasteiger partial charge in [-0.25, -0.2) is 8.42 Å². The molecule has 24 heavy (non-hydrogen) atoms. The van der Waals surface area contributed by atoms with Crippen LogP contribution in [0.3, 0.4) is 0 Å². The van der Waals surface area contributed by atoms with Crippen LogP contribution >= 0.6 is 0 Å². The lowest BCUT2D eigenvalue weighted by Crippen LogP contribution is -2.42. The lowest BCUT2D eigenvalue weighted by atomic mass is 10.1. The zero-order valence-corrected chi connectivity index (χ0v) is 14.6. The first-order valence-electron chi connectivity index (χ1n) is 7.83. The van der Waals surface area contributed by atoms with E-state index in [1.54, 1.807) is 19.2 Å². The molecule has 0 saturated carbocycles. The molecule has 1 heterocycles. The van der Waals surface area contributed by atoms with E-state index in [-0.39, 0.29) is 6.10 Å². The molecule has 1 aliphatic heterocycles. The van der Waals surface area contributed by atoms with E-state index in [4.69, 9.17) is 9.47 Å². The van der Waals surface area contributed by atoms with E-state index in [1.807, 2.05) is 43.3 Å². The molecule has 0 spiro atoms. The molecule has 128 valence electrons. The molecule has 1 aliphatic rings. The molecule has 0 radical (unpaired) electrons. The highest BCUT2D eigenvalue weighted by Gasteiger charge is 2.31. The van der Waals surface area contributed by atoms with Gasteiger partial charge in [0.05, 0.1) is 24.7 Å². The Morgan fingerprint density at radius 1 is 1.17 bits per heavy atom. The van der Waals surface area contributed by atoms with Crippen molar-refractivity contribution in [2.75, 3.05) is 26.8 Å². The Balaban J connectivity index is 1.83. The minimum absolute atomic E-state index is 0.295. The topological polar surface area (TPSA) is 55.8 Å². The maximum atomic E-state index is 12.8. The van der Waals surface area contributed by atoms with Crippen molar-refractivity contribution in [2.24, 2.45) is 0 Å². The van der Waals surface area contributed by atoms with E-state index >= 15 is 0 Å². The molecule has 0 aliphatic carbocycles. The molecule has 0 aromatic heterocycles. The average molecular weight is 347 g/mol. The summed E-state index contributed by atoms with van der Waals surface area (Å²) in [5, 5.41) is 0. The molecule has 6 heteroatoms. The fraction of sp³-hybridized carbons (Fsp3) is 0.333. The van der Waals surface area contributed by atoms with Gasteiger partial charge in [0.1, 0.15) is 5.75 Å². The third kappa shape index (κ3) is 3.45. The van der Waals surface area contributed by atoms with Gasteiger partial charge in [0.2, 0.25) is 10.0 Å². The Bertz CT molecular complexity index is 802. The molecule has 1 atom stereocenters. The van der Waals surface area contributed by atoms with Crippen LogP contribution in [0.5, 0.6) is 5.75 Å². The van der Waals surface area contributed by atoms with E-state index in [0.29, 0.717) is 24.6 Å². The van der Waals surface area contributed by atoms with Gasteiger partial charge in [-0.2, -0.15) is 4.31 Å². The number of hydrogen-bond acceptors (Lipinski definition) is 4. The number of nitrogens with zero attached hydrogens (tertiary/aromatic N) is 1. The second-order valence-corrected chi connectivity index (χ2v) is 7.75. The Kier molecular flexibility index (Phi) is 4.89. The van der Waals surface area contributed by atoms with Crippen molar-refractivity contribution in [3.8, 4) is 5.75 Å². The lowest BCUT2D eigenvalue weighted by Gasteiger charge is -2.32. The van der Waals surface area contributed by atoms with Gasteiger partial charge < -0.3 is 9.47 Å². The number of aryl methyl sites for hydroxylation is 1. The average Bonchev–Trinajstić information content (AvgIpc) is 2.62. The van der Waals surface area contributed by atoms with E-state index in [1.165, 1.54) is 4.31 Å². The van der Waals surface area contributed by atoms with Gasteiger partial charge in [0.25, 0.3) is 0 Å². The van der Waals surface area contributed by atoms with Gasteiger partial charge >= 0.3 is 0 Å². The first-order valence-corrected chi connectivity index (χ1v) is 9.27. The molecule has 1 unspecified atom stereocenters. The van der Waals surface area contributed by atoms with Crippen LogP contribution in [0.15, 0.2) is 53.4 Å². The normalized spacial score (nSPS) is 19.2. The summed E-state index contributed by atoms with van der Waals surface area (Å²) in [5.74, 6) is 0.731. The second-order valence-electron chi connectivity index (χ2n) is 5.81. The lowest BCUT2D eigenvalue weighted by molar-refractivity contribution is -0.00264. The predicted molar refractivity (Wildman–Crippen MR) is 91.6 cm³/mol. The first-order chi connectivity index (χ1) is 11.5. The van der Waals surface area contributed by atoms with Gasteiger partial charge in [-0.3, -0.25) is 0 Å². The van der Waals surface area contributed by atoms with Crippen LogP contribution < -0.4 is 4.74 Å². The molecule has 2 aromatic rings. The van der Waals surface area contributed by atoms with Crippen LogP contribution in [-0.2, 0) is 14.8 Å². The SMILES string of the molecule is COc1cccc(C2CN(S(=O)(=O)c3ccc(C)cc3)CCO2)c1. The van der Waals surface area contributed by atoms with Crippen LogP contribution in [0.1, 0.15) is 17.2 Å². The van der Waals surface area contributed by atoms with Crippen LogP contribution in [0, 0.1) is 6.92 Å². The molecule has 0 N–H and O–H groups in total. The van der Waals surface area contributed by atoms with Crippen molar-refractivity contribution in [1.82, 2.24) is 4.31 Å². The number of morpholine rings is 1. The molecule has 3 rings (SSSR count). The van der Waals surface area contributed by atoms with E-state index < -0.39 is 10.0 Å². The molecular weight excluding hydrogens is 326 g/mol. The minimum atomic E-state index is -3.51. The third-order valence-corrected chi connectivity index (χ3v) is 6.03. The Morgan fingerprint density at radius 3 is 2.62 bits per heavy atom. The molecule has 0 amide bonds. The fourth-order valence-electron chi connectivity index (χ4n) is 2.75. The van der Waals surface area contributed by atoms with Gasteiger partial charge in [-0.1, -0.05) is 29.8 Å². The second kappa shape index (κ2) is 6.93. The van der Waals surface area contributed by atoms with Gasteiger partial charge in [-0.05, 0) is 36.8 Å². The molecule has 2 aromatic carbocycles. The molecule has 5 nitrogen and oxygen atoms in total. The summed E-state index contributed by atoms with van der Waals surface area (Å²) in [7, 11) is -1.91. The quantitative estimate of drug-likeness (QED) is 0.853. The van der Waals surface area contributed by atoms with Crippen LogP contribution in [0.2, 0.25) is 0 Å². The van der Waals surface area contributed by atoms with Gasteiger partial charge in [0, 0.05) is 13.1 Å². The van der Waals surface area contributed by atoms with Crippen LogP contribution in [0.25, 0.3) is 0 Å². The molecule has 1 fully saturated rings. The number of ether oxygens (including phenoxy) is 2. The van der Waals surface area contributed by atoms with Gasteiger partial charge in [0.15, 0.2) is 0 Å². The van der Waals surface area contributed by atoms with E-state index in [2.05, 4.69) is 0 Å². The predicted octanol–water partition coefficient (Wildman–Crippen LogP) is 2.77. The fourth-order valence-corrected chi connectivity index (χ4v) is 4.17. The highest BCUT2D eigenvalue weighted by Crippen LogP contribution is 2.28. The Hall–Kier alpha value is -1.89. The minimum Gasteiger partial charge on any atom is -0.497 e. The summed E-state index contributed by atoms with van der Waals surface area (Å²) in [6, 6.07) is 14.5. The highest BCUT2D eigenvalue weighted by molar-refractivity contribution is 7.89. The Morgan fingerprint density at radius 2 is 1.92 bits per heavy atom. The Labute approximate surface area is 142 Å². The molecular formula is C18H21NO4S. The van der Waals surface area contributed by atoms with Crippen LogP contribution in [0.4, 0.5) is 0 Å². The number of methoxy groups -OCH3 is 1. The number of hydrogen-bond donors (Lipinski definition) is 0. The third-order valence-electron chi connectivity index (χ3n) is 4.15. The maximum absolute atomic E-state index is 12.8. The summed E-state index contributed by atoms with van der Waals surface area (Å²) in [6.45, 7) is 2.96. The monoisotopic (exact) mass is 347 g/mol. The number of benzene rings is 2. The summed E-state index contributed by atoms with van der Waals surface area (Å²) >= 11 is 0. The summed E-state index contributed by atoms with van der Waals surface area (Å²) in [5.41, 5.74) is 1.95. The molecule has 1 saturated heterocycles. The van der Waals surface area contributed by atoms with Crippen molar-refractivity contribution in [3.05, 3.63) is 59.7 Å². The van der Waals surface area contributed by atoms with Crippen molar-refractivity contribution < 1.29 is 17.9 Å². The molecule has 0 bridgehead atoms. The zero-order valence-electron chi connectivity index (χ0n) is 13.8. The summed E-state index contributed by atoms with van der Waals surface area (Å²) < 4.78 is 38.2. The first kappa shape index (κ1) is 17.0.